The molecule has 2 rings (SSSR count). The van der Waals surface area contributed by atoms with Crippen molar-refractivity contribution in [3.8, 4) is 0 Å². The van der Waals surface area contributed by atoms with Crippen molar-refractivity contribution in [2.75, 3.05) is 6.54 Å². The van der Waals surface area contributed by atoms with E-state index in [9.17, 15) is 5.11 Å². The lowest BCUT2D eigenvalue weighted by Gasteiger charge is -2.39. The fourth-order valence-corrected chi connectivity index (χ4v) is 3.61. The summed E-state index contributed by atoms with van der Waals surface area (Å²) in [5.41, 5.74) is 5.45. The zero-order valence-electron chi connectivity index (χ0n) is 8.39. The third kappa shape index (κ3) is 1.31. The van der Waals surface area contributed by atoms with Crippen LogP contribution < -0.4 is 5.73 Å². The van der Waals surface area contributed by atoms with E-state index in [2.05, 4.69) is 0 Å². The van der Waals surface area contributed by atoms with Crippen LogP contribution in [0.3, 0.4) is 0 Å². The molecule has 2 aliphatic rings. The molecule has 0 aromatic carbocycles. The smallest absolute Gasteiger partial charge is 0.0715 e. The van der Waals surface area contributed by atoms with Gasteiger partial charge in [0.05, 0.1) is 5.60 Å². The molecule has 2 heteroatoms. The van der Waals surface area contributed by atoms with Crippen molar-refractivity contribution in [1.29, 1.82) is 0 Å². The Balaban J connectivity index is 2.16. The summed E-state index contributed by atoms with van der Waals surface area (Å²) in [7, 11) is 0. The number of nitrogens with two attached hydrogens (primary N) is 1. The SMILES string of the molecule is NCCC1(O)CCCC12CCCC2. The quantitative estimate of drug-likeness (QED) is 0.686. The third-order valence-electron chi connectivity index (χ3n) is 4.35. The van der Waals surface area contributed by atoms with Crippen LogP contribution in [0.15, 0.2) is 0 Å². The van der Waals surface area contributed by atoms with Crippen LogP contribution >= 0.6 is 0 Å². The highest BCUT2D eigenvalue weighted by Crippen LogP contribution is 2.57. The first-order valence-corrected chi connectivity index (χ1v) is 5.65. The molecule has 0 amide bonds. The van der Waals surface area contributed by atoms with Gasteiger partial charge in [-0.2, -0.15) is 0 Å². The molecule has 2 saturated carbocycles. The summed E-state index contributed by atoms with van der Waals surface area (Å²) < 4.78 is 0. The van der Waals surface area contributed by atoms with Crippen LogP contribution in [0.25, 0.3) is 0 Å². The van der Waals surface area contributed by atoms with E-state index in [1.165, 1.54) is 38.5 Å². The first-order chi connectivity index (χ1) is 6.22. The monoisotopic (exact) mass is 183 g/mol. The molecular weight excluding hydrogens is 162 g/mol. The van der Waals surface area contributed by atoms with Gasteiger partial charge in [-0.3, -0.25) is 0 Å². The highest BCUT2D eigenvalue weighted by molar-refractivity contribution is 5.05. The summed E-state index contributed by atoms with van der Waals surface area (Å²) in [6, 6.07) is 0. The Morgan fingerprint density at radius 2 is 1.62 bits per heavy atom. The van der Waals surface area contributed by atoms with Gasteiger partial charge in [0.1, 0.15) is 0 Å². The fourth-order valence-electron chi connectivity index (χ4n) is 3.61. The molecule has 13 heavy (non-hydrogen) atoms. The lowest BCUT2D eigenvalue weighted by atomic mass is 9.71. The molecular formula is C11H21NO. The number of rotatable bonds is 2. The predicted octanol–water partition coefficient (Wildman–Crippen LogP) is 1.81. The van der Waals surface area contributed by atoms with Crippen LogP contribution in [0.5, 0.6) is 0 Å². The summed E-state index contributed by atoms with van der Waals surface area (Å²) >= 11 is 0. The molecule has 2 nitrogen and oxygen atoms in total. The van der Waals surface area contributed by atoms with Gasteiger partial charge in [0.2, 0.25) is 0 Å². The summed E-state index contributed by atoms with van der Waals surface area (Å²) in [5, 5.41) is 10.6. The molecule has 2 fully saturated rings. The average Bonchev–Trinajstić information content (AvgIpc) is 2.65. The molecule has 76 valence electrons. The van der Waals surface area contributed by atoms with E-state index in [1.54, 1.807) is 0 Å². The normalized spacial score (nSPS) is 37.4. The van der Waals surface area contributed by atoms with E-state index < -0.39 is 5.60 Å². The number of hydrogen-bond acceptors (Lipinski definition) is 2. The van der Waals surface area contributed by atoms with E-state index in [-0.39, 0.29) is 5.41 Å². The zero-order valence-corrected chi connectivity index (χ0v) is 8.39. The van der Waals surface area contributed by atoms with E-state index in [4.69, 9.17) is 5.73 Å². The van der Waals surface area contributed by atoms with Crippen LogP contribution in [-0.2, 0) is 0 Å². The van der Waals surface area contributed by atoms with Crippen molar-refractivity contribution >= 4 is 0 Å². The third-order valence-corrected chi connectivity index (χ3v) is 4.35. The number of aliphatic hydroxyl groups is 1. The van der Waals surface area contributed by atoms with Crippen molar-refractivity contribution in [3.05, 3.63) is 0 Å². The van der Waals surface area contributed by atoms with Crippen molar-refractivity contribution in [2.45, 2.75) is 57.0 Å². The minimum atomic E-state index is -0.405. The van der Waals surface area contributed by atoms with Crippen molar-refractivity contribution in [2.24, 2.45) is 11.1 Å². The maximum absolute atomic E-state index is 10.6. The molecule has 0 aliphatic heterocycles. The van der Waals surface area contributed by atoms with Crippen LogP contribution in [0.4, 0.5) is 0 Å². The maximum Gasteiger partial charge on any atom is 0.0715 e. The van der Waals surface area contributed by atoms with Gasteiger partial charge < -0.3 is 10.8 Å². The van der Waals surface area contributed by atoms with Crippen LogP contribution in [0.2, 0.25) is 0 Å². The van der Waals surface area contributed by atoms with Gasteiger partial charge in [-0.25, -0.2) is 0 Å². The molecule has 0 aromatic rings. The summed E-state index contributed by atoms with van der Waals surface area (Å²) in [6.45, 7) is 0.637. The second-order valence-corrected chi connectivity index (χ2v) is 4.91. The van der Waals surface area contributed by atoms with Gasteiger partial charge in [0.25, 0.3) is 0 Å². The minimum absolute atomic E-state index is 0.270. The van der Waals surface area contributed by atoms with E-state index in [1.807, 2.05) is 0 Å². The molecule has 2 aliphatic carbocycles. The molecule has 0 saturated heterocycles. The lowest BCUT2D eigenvalue weighted by Crippen LogP contribution is -2.43. The highest BCUT2D eigenvalue weighted by Gasteiger charge is 2.53. The number of hydrogen-bond donors (Lipinski definition) is 2. The van der Waals surface area contributed by atoms with E-state index in [0.29, 0.717) is 6.54 Å². The summed E-state index contributed by atoms with van der Waals surface area (Å²) in [6.07, 6.45) is 9.35. The van der Waals surface area contributed by atoms with Crippen molar-refractivity contribution in [1.82, 2.24) is 0 Å². The Morgan fingerprint density at radius 1 is 1.00 bits per heavy atom. The molecule has 0 bridgehead atoms. The molecule has 0 heterocycles. The standard InChI is InChI=1S/C11H21NO/c12-9-8-11(13)7-3-6-10(11)4-1-2-5-10/h13H,1-9,12H2. The Hall–Kier alpha value is -0.0800. The van der Waals surface area contributed by atoms with Crippen LogP contribution in [0.1, 0.15) is 51.4 Å². The van der Waals surface area contributed by atoms with Gasteiger partial charge >= 0.3 is 0 Å². The van der Waals surface area contributed by atoms with Crippen molar-refractivity contribution < 1.29 is 5.11 Å². The van der Waals surface area contributed by atoms with Gasteiger partial charge in [-0.15, -0.1) is 0 Å². The first kappa shape index (κ1) is 9.47. The first-order valence-electron chi connectivity index (χ1n) is 5.65. The van der Waals surface area contributed by atoms with E-state index >= 15 is 0 Å². The fraction of sp³-hybridized carbons (Fsp3) is 1.00. The van der Waals surface area contributed by atoms with Gasteiger partial charge in [-0.1, -0.05) is 12.8 Å². The molecule has 1 atom stereocenters. The Bertz CT molecular complexity index is 181. The van der Waals surface area contributed by atoms with Crippen molar-refractivity contribution in [3.63, 3.8) is 0 Å². The van der Waals surface area contributed by atoms with Gasteiger partial charge in [-0.05, 0) is 50.5 Å². The minimum Gasteiger partial charge on any atom is -0.389 e. The highest BCUT2D eigenvalue weighted by atomic mass is 16.3. The average molecular weight is 183 g/mol. The summed E-state index contributed by atoms with van der Waals surface area (Å²) in [5.74, 6) is 0. The van der Waals surface area contributed by atoms with Crippen LogP contribution in [0, 0.1) is 5.41 Å². The molecule has 0 radical (unpaired) electrons. The molecule has 1 spiro atoms. The summed E-state index contributed by atoms with van der Waals surface area (Å²) in [4.78, 5) is 0. The van der Waals surface area contributed by atoms with E-state index in [0.717, 1.165) is 12.8 Å². The Kier molecular flexibility index (Phi) is 2.37. The van der Waals surface area contributed by atoms with Crippen LogP contribution in [-0.4, -0.2) is 17.3 Å². The lowest BCUT2D eigenvalue weighted by molar-refractivity contribution is -0.0630. The molecule has 1 unspecified atom stereocenters. The largest absolute Gasteiger partial charge is 0.389 e. The Morgan fingerprint density at radius 3 is 2.23 bits per heavy atom. The van der Waals surface area contributed by atoms with Gasteiger partial charge in [0.15, 0.2) is 0 Å². The zero-order chi connectivity index (χ0) is 9.36. The second-order valence-electron chi connectivity index (χ2n) is 4.91. The second kappa shape index (κ2) is 3.25. The maximum atomic E-state index is 10.6. The molecule has 3 N–H and O–H groups in total. The van der Waals surface area contributed by atoms with Gasteiger partial charge in [0, 0.05) is 0 Å². The topological polar surface area (TPSA) is 46.2 Å². The molecule has 0 aromatic heterocycles. The Labute approximate surface area is 80.5 Å². The predicted molar refractivity (Wildman–Crippen MR) is 53.4 cm³/mol.